The molecule has 22 heavy (non-hydrogen) atoms. The number of hydrogen-bond acceptors (Lipinski definition) is 3. The van der Waals surface area contributed by atoms with Crippen LogP contribution in [0.1, 0.15) is 49.4 Å². The molecule has 1 unspecified atom stereocenters. The Kier molecular flexibility index (Phi) is 4.98. The molecule has 0 aliphatic carbocycles. The van der Waals surface area contributed by atoms with E-state index < -0.39 is 5.91 Å². The van der Waals surface area contributed by atoms with Crippen LogP contribution in [0.2, 0.25) is 0 Å². The summed E-state index contributed by atoms with van der Waals surface area (Å²) in [6.45, 7) is 7.08. The van der Waals surface area contributed by atoms with Crippen LogP contribution in [-0.2, 0) is 5.54 Å². The second-order valence-corrected chi connectivity index (χ2v) is 6.08. The molecule has 117 valence electrons. The van der Waals surface area contributed by atoms with Crippen molar-refractivity contribution < 1.29 is 4.79 Å². The third-order valence-electron chi connectivity index (χ3n) is 3.94. The quantitative estimate of drug-likeness (QED) is 0.823. The molecule has 0 fully saturated rings. The van der Waals surface area contributed by atoms with Crippen molar-refractivity contribution in [3.8, 4) is 0 Å². The zero-order valence-electron chi connectivity index (χ0n) is 13.3. The van der Waals surface area contributed by atoms with Crippen molar-refractivity contribution in [3.05, 3.63) is 54.1 Å². The van der Waals surface area contributed by atoms with Crippen LogP contribution in [0.25, 0.3) is 0 Å². The van der Waals surface area contributed by atoms with E-state index in [1.54, 1.807) is 10.8 Å². The number of hydrogen-bond donors (Lipinski definition) is 2. The third-order valence-corrected chi connectivity index (χ3v) is 3.94. The minimum absolute atomic E-state index is 0.251. The molecule has 1 atom stereocenters. The van der Waals surface area contributed by atoms with Crippen LogP contribution in [0.4, 0.5) is 0 Å². The second-order valence-electron chi connectivity index (χ2n) is 6.08. The summed E-state index contributed by atoms with van der Waals surface area (Å²) < 4.78 is 1.80. The summed E-state index contributed by atoms with van der Waals surface area (Å²) in [5.41, 5.74) is 6.35. The van der Waals surface area contributed by atoms with E-state index in [1.807, 2.05) is 18.2 Å². The minimum Gasteiger partial charge on any atom is -0.363 e. The van der Waals surface area contributed by atoms with E-state index in [0.717, 1.165) is 13.0 Å². The lowest BCUT2D eigenvalue weighted by atomic mass is 9.99. The Bertz CT molecular complexity index is 619. The molecule has 0 aliphatic rings. The molecule has 1 heterocycles. The molecule has 1 aromatic heterocycles. The van der Waals surface area contributed by atoms with Gasteiger partial charge in [0, 0.05) is 17.8 Å². The number of carbonyl (C=O) groups excluding carboxylic acids is 1. The molecule has 0 saturated carbocycles. The van der Waals surface area contributed by atoms with Gasteiger partial charge >= 0.3 is 0 Å². The first-order valence-corrected chi connectivity index (χ1v) is 7.46. The molecule has 2 aromatic rings. The van der Waals surface area contributed by atoms with Gasteiger partial charge in [-0.1, -0.05) is 30.3 Å². The molecule has 5 nitrogen and oxygen atoms in total. The first-order valence-electron chi connectivity index (χ1n) is 7.46. The summed E-state index contributed by atoms with van der Waals surface area (Å²) in [7, 11) is 0. The number of amides is 1. The minimum atomic E-state index is -0.528. The number of nitrogens with one attached hydrogen (secondary N) is 1. The highest BCUT2D eigenvalue weighted by Crippen LogP contribution is 2.21. The molecule has 2 rings (SSSR count). The summed E-state index contributed by atoms with van der Waals surface area (Å²) in [6.07, 6.45) is 5.23. The van der Waals surface area contributed by atoms with Gasteiger partial charge in [-0.25, -0.2) is 4.98 Å². The summed E-state index contributed by atoms with van der Waals surface area (Å²) in [5, 5.41) is 3.51. The topological polar surface area (TPSA) is 72.9 Å². The van der Waals surface area contributed by atoms with Gasteiger partial charge in [-0.3, -0.25) is 4.79 Å². The molecule has 1 radical (unpaired) electrons. The maximum atomic E-state index is 11.4. The lowest BCUT2D eigenvalue weighted by molar-refractivity contribution is 0.0978. The highest BCUT2D eigenvalue weighted by atomic mass is 16.1. The fourth-order valence-corrected chi connectivity index (χ4v) is 2.47. The zero-order valence-corrected chi connectivity index (χ0v) is 13.3. The predicted molar refractivity (Wildman–Crippen MR) is 86.4 cm³/mol. The molecular weight excluding hydrogens is 276 g/mol. The van der Waals surface area contributed by atoms with Crippen molar-refractivity contribution >= 4 is 5.91 Å². The third kappa shape index (κ3) is 3.74. The fraction of sp³-hybridized carbons (Fsp3) is 0.412. The van der Waals surface area contributed by atoms with E-state index in [0.29, 0.717) is 0 Å². The van der Waals surface area contributed by atoms with Gasteiger partial charge in [0.2, 0.25) is 0 Å². The molecule has 3 N–H and O–H groups in total. The summed E-state index contributed by atoms with van der Waals surface area (Å²) in [6, 6.07) is 10.6. The van der Waals surface area contributed by atoms with Crippen LogP contribution in [0.5, 0.6) is 0 Å². The first kappa shape index (κ1) is 16.2. The van der Waals surface area contributed by atoms with E-state index >= 15 is 0 Å². The average Bonchev–Trinajstić information content (AvgIpc) is 2.98. The number of imidazole rings is 1. The van der Waals surface area contributed by atoms with Crippen molar-refractivity contribution in [1.29, 1.82) is 0 Å². The Morgan fingerprint density at radius 1 is 1.41 bits per heavy atom. The van der Waals surface area contributed by atoms with E-state index in [-0.39, 0.29) is 17.4 Å². The van der Waals surface area contributed by atoms with Gasteiger partial charge in [0.25, 0.3) is 5.91 Å². The van der Waals surface area contributed by atoms with Gasteiger partial charge in [0.15, 0.2) is 5.82 Å². The lowest BCUT2D eigenvalue weighted by Crippen LogP contribution is -2.34. The Labute approximate surface area is 131 Å². The van der Waals surface area contributed by atoms with E-state index in [9.17, 15) is 4.79 Å². The van der Waals surface area contributed by atoms with E-state index in [4.69, 9.17) is 5.73 Å². The summed E-state index contributed by atoms with van der Waals surface area (Å²) >= 11 is 0. The fourth-order valence-electron chi connectivity index (χ4n) is 2.47. The average molecular weight is 299 g/mol. The number of nitrogens with zero attached hydrogens (tertiary/aromatic N) is 2. The van der Waals surface area contributed by atoms with Gasteiger partial charge in [-0.05, 0) is 39.3 Å². The van der Waals surface area contributed by atoms with Crippen LogP contribution in [0.15, 0.2) is 36.5 Å². The number of aromatic nitrogens is 2. The molecule has 1 aromatic carbocycles. The number of primary amides is 1. The molecule has 0 saturated heterocycles. The van der Waals surface area contributed by atoms with Crippen molar-refractivity contribution in [2.24, 2.45) is 5.73 Å². The van der Waals surface area contributed by atoms with Crippen LogP contribution >= 0.6 is 0 Å². The SMILES string of the molecule is CC(NCCC(C)(C)n1c[c]nc1C(N)=O)c1ccccc1. The predicted octanol–water partition coefficient (Wildman–Crippen LogP) is 2.26. The maximum absolute atomic E-state index is 11.4. The summed E-state index contributed by atoms with van der Waals surface area (Å²) in [5.74, 6) is -0.277. The van der Waals surface area contributed by atoms with Crippen LogP contribution in [0.3, 0.4) is 0 Å². The number of rotatable bonds is 7. The van der Waals surface area contributed by atoms with Gasteiger partial charge in [-0.15, -0.1) is 0 Å². The Morgan fingerprint density at radius 2 is 2.09 bits per heavy atom. The molecule has 1 amide bonds. The van der Waals surface area contributed by atoms with E-state index in [2.05, 4.69) is 49.4 Å². The largest absolute Gasteiger partial charge is 0.363 e. The van der Waals surface area contributed by atoms with Crippen LogP contribution in [0, 0.1) is 6.20 Å². The maximum Gasteiger partial charge on any atom is 0.284 e. The molecule has 0 spiro atoms. The molecular formula is C17H23N4O. The smallest absolute Gasteiger partial charge is 0.284 e. The summed E-state index contributed by atoms with van der Waals surface area (Å²) in [4.78, 5) is 15.3. The van der Waals surface area contributed by atoms with Gasteiger partial charge in [0.05, 0.1) is 0 Å². The lowest BCUT2D eigenvalue weighted by Gasteiger charge is -2.28. The normalized spacial score (nSPS) is 13.0. The van der Waals surface area contributed by atoms with Gasteiger partial charge < -0.3 is 15.6 Å². The number of benzene rings is 1. The van der Waals surface area contributed by atoms with Crippen molar-refractivity contribution in [3.63, 3.8) is 0 Å². The number of nitrogens with two attached hydrogens (primary N) is 1. The van der Waals surface area contributed by atoms with Crippen LogP contribution < -0.4 is 11.1 Å². The second kappa shape index (κ2) is 6.75. The highest BCUT2D eigenvalue weighted by molar-refractivity contribution is 5.89. The molecule has 0 aliphatic heterocycles. The monoisotopic (exact) mass is 299 g/mol. The van der Waals surface area contributed by atoms with Crippen molar-refractivity contribution in [1.82, 2.24) is 14.9 Å². The van der Waals surface area contributed by atoms with Gasteiger partial charge in [0.1, 0.15) is 6.20 Å². The van der Waals surface area contributed by atoms with Crippen molar-refractivity contribution in [2.75, 3.05) is 6.54 Å². The highest BCUT2D eigenvalue weighted by Gasteiger charge is 2.24. The van der Waals surface area contributed by atoms with E-state index in [1.165, 1.54) is 5.56 Å². The standard InChI is InChI=1S/C17H23N4O/c1-13(14-7-5-4-6-8-14)19-10-9-17(2,3)21-12-11-20-16(21)15(18)22/h4-8,12-13,19H,9-10H2,1-3H3,(H2,18,22). The first-order chi connectivity index (χ1) is 10.4. The number of carbonyl (C=O) groups is 1. The Balaban J connectivity index is 1.95. The Morgan fingerprint density at radius 3 is 2.73 bits per heavy atom. The van der Waals surface area contributed by atoms with Crippen LogP contribution in [-0.4, -0.2) is 22.0 Å². The Hall–Kier alpha value is -2.14. The zero-order chi connectivity index (χ0) is 16.2. The van der Waals surface area contributed by atoms with Gasteiger partial charge in [-0.2, -0.15) is 0 Å². The van der Waals surface area contributed by atoms with Crippen molar-refractivity contribution in [2.45, 2.75) is 38.8 Å². The molecule has 5 heteroatoms. The molecule has 0 bridgehead atoms.